The van der Waals surface area contributed by atoms with Gasteiger partial charge in [0, 0.05) is 23.5 Å². The molecule has 1 heterocycles. The Morgan fingerprint density at radius 3 is 2.26 bits per heavy atom. The third-order valence-electron chi connectivity index (χ3n) is 2.98. The molecule has 0 aromatic heterocycles. The van der Waals surface area contributed by atoms with E-state index < -0.39 is 8.60 Å². The molecule has 0 unspecified atom stereocenters. The summed E-state index contributed by atoms with van der Waals surface area (Å²) in [4.78, 5) is 23.4. The van der Waals surface area contributed by atoms with Gasteiger partial charge in [-0.1, -0.05) is 0 Å². The fourth-order valence-corrected chi connectivity index (χ4v) is 2.18. The molecule has 0 fully saturated rings. The maximum Gasteiger partial charge on any atom is 0.357 e. The van der Waals surface area contributed by atoms with Crippen molar-refractivity contribution < 1.29 is 24.1 Å². The predicted molar refractivity (Wildman–Crippen MR) is 81.7 cm³/mol. The van der Waals surface area contributed by atoms with Crippen LogP contribution >= 0.6 is 8.60 Å². The third-order valence-corrected chi connectivity index (χ3v) is 3.22. The van der Waals surface area contributed by atoms with Crippen molar-refractivity contribution in [1.82, 2.24) is 4.90 Å². The Bertz CT molecular complexity index is 548. The number of hydrogen-bond acceptors (Lipinski definition) is 8. The van der Waals surface area contributed by atoms with Gasteiger partial charge in [-0.2, -0.15) is 15.2 Å². The molecule has 1 rings (SSSR count). The van der Waals surface area contributed by atoms with Crippen LogP contribution in [0.5, 0.6) is 0 Å². The second-order valence-electron chi connectivity index (χ2n) is 4.54. The average molecular weight is 339 g/mol. The van der Waals surface area contributed by atoms with E-state index in [1.165, 1.54) is 0 Å². The Morgan fingerprint density at radius 2 is 1.74 bits per heavy atom. The lowest BCUT2D eigenvalue weighted by molar-refractivity contribution is -0.221. The van der Waals surface area contributed by atoms with Crippen LogP contribution in [0.1, 0.15) is 13.8 Å². The van der Waals surface area contributed by atoms with E-state index >= 15 is 0 Å². The predicted octanol–water partition coefficient (Wildman–Crippen LogP) is 1.63. The summed E-state index contributed by atoms with van der Waals surface area (Å²) in [5, 5.41) is 17.8. The molecule has 8 nitrogen and oxygen atoms in total. The van der Waals surface area contributed by atoms with Crippen LogP contribution in [0.3, 0.4) is 0 Å². The minimum absolute atomic E-state index is 0.0875. The van der Waals surface area contributed by atoms with Crippen LogP contribution in [0.4, 0.5) is 0 Å². The van der Waals surface area contributed by atoms with Crippen molar-refractivity contribution in [1.29, 1.82) is 10.5 Å². The molecule has 0 saturated carbocycles. The highest BCUT2D eigenvalue weighted by atomic mass is 31.2. The SMILES string of the molecule is CC1=CC(=C(C#N)C#N)C=C(C)N1CCOCCOOP(O)O. The summed E-state index contributed by atoms with van der Waals surface area (Å²) in [6, 6.07) is 3.77. The van der Waals surface area contributed by atoms with Crippen molar-refractivity contribution in [3.05, 3.63) is 34.7 Å². The number of ether oxygens (including phenoxy) is 1. The molecule has 0 saturated heterocycles. The molecule has 0 spiro atoms. The first-order valence-electron chi connectivity index (χ1n) is 6.73. The van der Waals surface area contributed by atoms with E-state index in [1.54, 1.807) is 12.2 Å². The van der Waals surface area contributed by atoms with Gasteiger partial charge in [-0.15, -0.1) is 0 Å². The standard InChI is InChI=1S/C14H18N3O5P/c1-11-7-13(14(9-15)10-16)8-12(2)17(11)3-4-20-5-6-21-22-23(18)19/h7-8,18-19H,3-6H2,1-2H3. The number of nitriles is 2. The molecule has 124 valence electrons. The summed E-state index contributed by atoms with van der Waals surface area (Å²) in [7, 11) is -2.51. The number of nitrogens with zero attached hydrogens (tertiary/aromatic N) is 3. The molecule has 2 N–H and O–H groups in total. The summed E-state index contributed by atoms with van der Waals surface area (Å²) >= 11 is 0. The van der Waals surface area contributed by atoms with Gasteiger partial charge in [0.05, 0.1) is 13.2 Å². The number of hydrogen-bond donors (Lipinski definition) is 2. The first-order chi connectivity index (χ1) is 11.0. The summed E-state index contributed by atoms with van der Waals surface area (Å²) in [6.07, 6.45) is 3.58. The van der Waals surface area contributed by atoms with E-state index in [0.717, 1.165) is 11.4 Å². The maximum atomic E-state index is 8.92. The molecular weight excluding hydrogens is 321 g/mol. The molecular formula is C14H18N3O5P. The zero-order valence-electron chi connectivity index (χ0n) is 12.9. The maximum absolute atomic E-state index is 8.92. The van der Waals surface area contributed by atoms with Gasteiger partial charge in [0.1, 0.15) is 24.3 Å². The Balaban J connectivity index is 2.44. The molecule has 9 heteroatoms. The van der Waals surface area contributed by atoms with Crippen LogP contribution in [0, 0.1) is 22.7 Å². The molecule has 0 aliphatic carbocycles. The molecule has 23 heavy (non-hydrogen) atoms. The zero-order chi connectivity index (χ0) is 17.2. The minimum Gasteiger partial charge on any atom is -0.377 e. The van der Waals surface area contributed by atoms with Crippen molar-refractivity contribution in [2.75, 3.05) is 26.4 Å². The van der Waals surface area contributed by atoms with Gasteiger partial charge in [-0.05, 0) is 26.0 Å². The fraction of sp³-hybridized carbons (Fsp3) is 0.429. The van der Waals surface area contributed by atoms with Crippen molar-refractivity contribution >= 4 is 8.60 Å². The molecule has 1 aliphatic heterocycles. The van der Waals surface area contributed by atoms with Crippen LogP contribution in [-0.2, 0) is 14.3 Å². The second kappa shape index (κ2) is 10.1. The van der Waals surface area contributed by atoms with Gasteiger partial charge < -0.3 is 19.4 Å². The molecule has 0 atom stereocenters. The zero-order valence-corrected chi connectivity index (χ0v) is 13.8. The van der Waals surface area contributed by atoms with E-state index in [-0.39, 0.29) is 18.8 Å². The topological polar surface area (TPSA) is 119 Å². The monoisotopic (exact) mass is 339 g/mol. The highest BCUT2D eigenvalue weighted by Crippen LogP contribution is 2.24. The Labute approximate surface area is 136 Å². The first kappa shape index (κ1) is 19.3. The number of rotatable bonds is 8. The molecule has 0 aromatic carbocycles. The van der Waals surface area contributed by atoms with Gasteiger partial charge in [0.15, 0.2) is 0 Å². The second-order valence-corrected chi connectivity index (χ2v) is 5.19. The van der Waals surface area contributed by atoms with E-state index in [4.69, 9.17) is 25.0 Å². The van der Waals surface area contributed by atoms with Crippen molar-refractivity contribution in [3.63, 3.8) is 0 Å². The first-order valence-corrected chi connectivity index (χ1v) is 7.90. The third kappa shape index (κ3) is 6.47. The largest absolute Gasteiger partial charge is 0.377 e. The lowest BCUT2D eigenvalue weighted by Crippen LogP contribution is -2.27. The molecule has 0 aromatic rings. The van der Waals surface area contributed by atoms with Gasteiger partial charge in [0.2, 0.25) is 0 Å². The van der Waals surface area contributed by atoms with Gasteiger partial charge in [0.25, 0.3) is 0 Å². The summed E-state index contributed by atoms with van der Waals surface area (Å²) in [6.45, 7) is 5.15. The minimum atomic E-state index is -2.51. The average Bonchev–Trinajstić information content (AvgIpc) is 2.49. The highest BCUT2D eigenvalue weighted by Gasteiger charge is 2.15. The van der Waals surface area contributed by atoms with Crippen LogP contribution in [0.2, 0.25) is 0 Å². The molecule has 1 aliphatic rings. The van der Waals surface area contributed by atoms with Gasteiger partial charge >= 0.3 is 8.60 Å². The van der Waals surface area contributed by atoms with Gasteiger partial charge in [-0.3, -0.25) is 0 Å². The van der Waals surface area contributed by atoms with Crippen LogP contribution in [0.25, 0.3) is 0 Å². The summed E-state index contributed by atoms with van der Waals surface area (Å²) < 4.78 is 9.50. The summed E-state index contributed by atoms with van der Waals surface area (Å²) in [5.74, 6) is 0. The van der Waals surface area contributed by atoms with Crippen LogP contribution in [0.15, 0.2) is 34.7 Å². The van der Waals surface area contributed by atoms with E-state index in [2.05, 4.69) is 9.56 Å². The van der Waals surface area contributed by atoms with E-state index in [1.807, 2.05) is 30.9 Å². The van der Waals surface area contributed by atoms with Crippen molar-refractivity contribution in [2.24, 2.45) is 0 Å². The number of allylic oxidation sites excluding steroid dienone is 6. The highest BCUT2D eigenvalue weighted by molar-refractivity contribution is 7.39. The van der Waals surface area contributed by atoms with Gasteiger partial charge in [-0.25, -0.2) is 4.89 Å². The normalized spacial score (nSPS) is 14.2. The van der Waals surface area contributed by atoms with E-state index in [0.29, 0.717) is 18.7 Å². The van der Waals surface area contributed by atoms with Crippen molar-refractivity contribution in [3.8, 4) is 12.1 Å². The lowest BCUT2D eigenvalue weighted by Gasteiger charge is -2.29. The lowest BCUT2D eigenvalue weighted by atomic mass is 10.0. The Hall–Kier alpha value is -1.77. The quantitative estimate of drug-likeness (QED) is 0.225. The summed E-state index contributed by atoms with van der Waals surface area (Å²) in [5.41, 5.74) is 2.52. The molecule has 0 amide bonds. The Kier molecular flexibility index (Phi) is 8.46. The molecule has 0 radical (unpaired) electrons. The fourth-order valence-electron chi connectivity index (χ4n) is 2.01. The van der Waals surface area contributed by atoms with E-state index in [9.17, 15) is 0 Å². The van der Waals surface area contributed by atoms with Crippen molar-refractivity contribution in [2.45, 2.75) is 13.8 Å². The smallest absolute Gasteiger partial charge is 0.357 e. The Morgan fingerprint density at radius 1 is 1.13 bits per heavy atom. The molecule has 0 bridgehead atoms. The van der Waals surface area contributed by atoms with Crippen LogP contribution in [-0.4, -0.2) is 41.1 Å². The van der Waals surface area contributed by atoms with Crippen LogP contribution < -0.4 is 0 Å².